The average molecular weight is 270 g/mol. The van der Waals surface area contributed by atoms with Gasteiger partial charge in [0.05, 0.1) is 0 Å². The van der Waals surface area contributed by atoms with E-state index in [1.165, 1.54) is 12.8 Å². The number of anilines is 2. The topological polar surface area (TPSA) is 45.2 Å². The molecule has 0 radical (unpaired) electrons. The quantitative estimate of drug-likeness (QED) is 0.821. The number of rotatable bonds is 5. The molecule has 0 aliphatic carbocycles. The van der Waals surface area contributed by atoms with E-state index in [0.717, 1.165) is 32.5 Å². The molecule has 0 saturated carbocycles. The number of halogens is 1. The van der Waals surface area contributed by atoms with Gasteiger partial charge < -0.3 is 9.80 Å². The standard InChI is InChI=1S/C12H20ClN5/c1-3-4-7-17(2)11-14-10(13)15-12(16-11)18-8-5-6-9-18/h3-9H2,1-2H3. The Morgan fingerprint density at radius 1 is 1.22 bits per heavy atom. The highest BCUT2D eigenvalue weighted by Crippen LogP contribution is 2.19. The summed E-state index contributed by atoms with van der Waals surface area (Å²) in [6.45, 7) is 5.14. The first-order valence-electron chi connectivity index (χ1n) is 6.58. The lowest BCUT2D eigenvalue weighted by molar-refractivity contribution is 0.743. The Hall–Kier alpha value is -1.10. The highest BCUT2D eigenvalue weighted by atomic mass is 35.5. The molecule has 1 aliphatic rings. The van der Waals surface area contributed by atoms with Crippen LogP contribution >= 0.6 is 11.6 Å². The van der Waals surface area contributed by atoms with E-state index < -0.39 is 0 Å². The zero-order valence-electron chi connectivity index (χ0n) is 11.1. The highest BCUT2D eigenvalue weighted by Gasteiger charge is 2.17. The fraction of sp³-hybridized carbons (Fsp3) is 0.750. The number of unbranched alkanes of at least 4 members (excludes halogenated alkanes) is 1. The molecule has 100 valence electrons. The molecule has 0 aromatic carbocycles. The van der Waals surface area contributed by atoms with E-state index in [1.807, 2.05) is 11.9 Å². The van der Waals surface area contributed by atoms with Crippen LogP contribution in [0.4, 0.5) is 11.9 Å². The monoisotopic (exact) mass is 269 g/mol. The number of nitrogens with zero attached hydrogens (tertiary/aromatic N) is 5. The molecule has 0 N–H and O–H groups in total. The lowest BCUT2D eigenvalue weighted by atomic mass is 10.3. The van der Waals surface area contributed by atoms with Crippen LogP contribution in [0.25, 0.3) is 0 Å². The predicted molar refractivity (Wildman–Crippen MR) is 74.5 cm³/mol. The zero-order valence-corrected chi connectivity index (χ0v) is 11.8. The second-order valence-corrected chi connectivity index (χ2v) is 5.01. The van der Waals surface area contributed by atoms with Gasteiger partial charge in [0.2, 0.25) is 17.2 Å². The van der Waals surface area contributed by atoms with Crippen LogP contribution in [-0.2, 0) is 0 Å². The Morgan fingerprint density at radius 3 is 2.61 bits per heavy atom. The summed E-state index contributed by atoms with van der Waals surface area (Å²) in [5.41, 5.74) is 0. The van der Waals surface area contributed by atoms with E-state index in [1.54, 1.807) is 0 Å². The van der Waals surface area contributed by atoms with Crippen molar-refractivity contribution < 1.29 is 0 Å². The zero-order chi connectivity index (χ0) is 13.0. The first kappa shape index (κ1) is 13.3. The van der Waals surface area contributed by atoms with Crippen LogP contribution < -0.4 is 9.80 Å². The Kier molecular flexibility index (Phi) is 4.58. The summed E-state index contributed by atoms with van der Waals surface area (Å²) >= 11 is 5.99. The van der Waals surface area contributed by atoms with Crippen molar-refractivity contribution in [2.24, 2.45) is 0 Å². The van der Waals surface area contributed by atoms with Crippen molar-refractivity contribution in [2.45, 2.75) is 32.6 Å². The molecule has 0 spiro atoms. The van der Waals surface area contributed by atoms with Gasteiger partial charge in [-0.3, -0.25) is 0 Å². The lowest BCUT2D eigenvalue weighted by Gasteiger charge is -2.20. The minimum atomic E-state index is 0.283. The number of hydrogen-bond acceptors (Lipinski definition) is 5. The van der Waals surface area contributed by atoms with Crippen LogP contribution in [0.1, 0.15) is 32.6 Å². The Labute approximate surface area is 113 Å². The van der Waals surface area contributed by atoms with Gasteiger partial charge in [-0.1, -0.05) is 13.3 Å². The van der Waals surface area contributed by atoms with Crippen molar-refractivity contribution in [2.75, 3.05) is 36.5 Å². The van der Waals surface area contributed by atoms with Crippen molar-refractivity contribution in [3.8, 4) is 0 Å². The molecule has 18 heavy (non-hydrogen) atoms. The van der Waals surface area contributed by atoms with E-state index in [9.17, 15) is 0 Å². The molecule has 1 aliphatic heterocycles. The van der Waals surface area contributed by atoms with Crippen LogP contribution in [0.15, 0.2) is 0 Å². The van der Waals surface area contributed by atoms with Crippen molar-refractivity contribution in [3.63, 3.8) is 0 Å². The smallest absolute Gasteiger partial charge is 0.231 e. The van der Waals surface area contributed by atoms with Gasteiger partial charge in [-0.15, -0.1) is 0 Å². The summed E-state index contributed by atoms with van der Waals surface area (Å²) in [5.74, 6) is 1.39. The average Bonchev–Trinajstić information content (AvgIpc) is 2.89. The maximum absolute atomic E-state index is 5.99. The minimum absolute atomic E-state index is 0.283. The summed E-state index contributed by atoms with van der Waals surface area (Å²) in [5, 5.41) is 0.283. The molecule has 1 fully saturated rings. The SMILES string of the molecule is CCCCN(C)c1nc(Cl)nc(N2CCCC2)n1. The van der Waals surface area contributed by atoms with E-state index in [0.29, 0.717) is 11.9 Å². The van der Waals surface area contributed by atoms with Gasteiger partial charge in [0.15, 0.2) is 0 Å². The summed E-state index contributed by atoms with van der Waals surface area (Å²) in [4.78, 5) is 17.1. The summed E-state index contributed by atoms with van der Waals surface area (Å²) in [7, 11) is 2.00. The number of aromatic nitrogens is 3. The molecule has 1 aromatic rings. The van der Waals surface area contributed by atoms with Gasteiger partial charge in [0.1, 0.15) is 0 Å². The van der Waals surface area contributed by atoms with Crippen LogP contribution in [0, 0.1) is 0 Å². The lowest BCUT2D eigenvalue weighted by Crippen LogP contribution is -2.25. The van der Waals surface area contributed by atoms with Gasteiger partial charge in [0.25, 0.3) is 0 Å². The molecule has 2 rings (SSSR count). The molecule has 6 heteroatoms. The maximum atomic E-state index is 5.99. The third kappa shape index (κ3) is 3.22. The van der Waals surface area contributed by atoms with Crippen LogP contribution in [0.2, 0.25) is 5.28 Å². The second kappa shape index (κ2) is 6.18. The minimum Gasteiger partial charge on any atom is -0.344 e. The molecular weight excluding hydrogens is 250 g/mol. The fourth-order valence-electron chi connectivity index (χ4n) is 2.05. The second-order valence-electron chi connectivity index (χ2n) is 4.67. The summed E-state index contributed by atoms with van der Waals surface area (Å²) in [6.07, 6.45) is 4.68. The molecule has 5 nitrogen and oxygen atoms in total. The van der Waals surface area contributed by atoms with Crippen molar-refractivity contribution in [1.82, 2.24) is 15.0 Å². The molecule has 0 atom stereocenters. The highest BCUT2D eigenvalue weighted by molar-refractivity contribution is 6.28. The van der Waals surface area contributed by atoms with Crippen LogP contribution in [0.5, 0.6) is 0 Å². The van der Waals surface area contributed by atoms with E-state index in [4.69, 9.17) is 11.6 Å². The molecule has 0 amide bonds. The van der Waals surface area contributed by atoms with Crippen LogP contribution in [-0.4, -0.2) is 41.6 Å². The molecule has 1 saturated heterocycles. The Balaban J connectivity index is 2.14. The molecule has 1 aromatic heterocycles. The predicted octanol–water partition coefficient (Wildman–Crippen LogP) is 2.36. The van der Waals surface area contributed by atoms with E-state index >= 15 is 0 Å². The number of hydrogen-bond donors (Lipinski definition) is 0. The van der Waals surface area contributed by atoms with Crippen molar-refractivity contribution in [3.05, 3.63) is 5.28 Å². The van der Waals surface area contributed by atoms with E-state index in [-0.39, 0.29) is 5.28 Å². The van der Waals surface area contributed by atoms with Gasteiger partial charge in [-0.05, 0) is 30.9 Å². The Bertz CT molecular complexity index is 392. The third-order valence-electron chi connectivity index (χ3n) is 3.16. The van der Waals surface area contributed by atoms with Crippen molar-refractivity contribution >= 4 is 23.5 Å². The molecular formula is C12H20ClN5. The molecule has 0 unspecified atom stereocenters. The summed E-state index contributed by atoms with van der Waals surface area (Å²) in [6, 6.07) is 0. The Morgan fingerprint density at radius 2 is 1.94 bits per heavy atom. The molecule has 2 heterocycles. The summed E-state index contributed by atoms with van der Waals surface area (Å²) < 4.78 is 0. The third-order valence-corrected chi connectivity index (χ3v) is 3.33. The van der Waals surface area contributed by atoms with Gasteiger partial charge in [-0.25, -0.2) is 0 Å². The first-order valence-corrected chi connectivity index (χ1v) is 6.96. The van der Waals surface area contributed by atoms with Gasteiger partial charge >= 0.3 is 0 Å². The molecule has 0 bridgehead atoms. The normalized spacial score (nSPS) is 15.2. The van der Waals surface area contributed by atoms with Crippen LogP contribution in [0.3, 0.4) is 0 Å². The fourth-order valence-corrected chi connectivity index (χ4v) is 2.21. The van der Waals surface area contributed by atoms with Crippen molar-refractivity contribution in [1.29, 1.82) is 0 Å². The maximum Gasteiger partial charge on any atom is 0.231 e. The largest absolute Gasteiger partial charge is 0.344 e. The first-order chi connectivity index (χ1) is 8.70. The van der Waals surface area contributed by atoms with E-state index in [2.05, 4.69) is 26.8 Å². The van der Waals surface area contributed by atoms with Gasteiger partial charge in [-0.2, -0.15) is 15.0 Å². The van der Waals surface area contributed by atoms with Gasteiger partial charge in [0, 0.05) is 26.7 Å².